The molecule has 4 nitrogen and oxygen atoms in total. The van der Waals surface area contributed by atoms with Crippen molar-refractivity contribution in [1.82, 2.24) is 0 Å². The van der Waals surface area contributed by atoms with Crippen LogP contribution in [0.1, 0.15) is 13.8 Å². The summed E-state index contributed by atoms with van der Waals surface area (Å²) in [4.78, 5) is 21.9. The first-order valence-electron chi connectivity index (χ1n) is 3.33. The maximum atomic E-state index is 11.1. The Labute approximate surface area is 64.0 Å². The van der Waals surface area contributed by atoms with Gasteiger partial charge >= 0.3 is 5.97 Å². The summed E-state index contributed by atoms with van der Waals surface area (Å²) in [5, 5.41) is 7.12. The lowest BCUT2D eigenvalue weighted by atomic mass is 10.00. The van der Waals surface area contributed by atoms with Crippen molar-refractivity contribution in [2.24, 2.45) is 5.92 Å². The number of hydrogen-bond donors (Lipinski definition) is 1. The highest BCUT2D eigenvalue weighted by Gasteiger charge is 2.42. The molecule has 0 bridgehead atoms. The van der Waals surface area contributed by atoms with Gasteiger partial charge in [-0.15, -0.1) is 0 Å². The zero-order chi connectivity index (χ0) is 8.59. The largest absolute Gasteiger partial charge is 0.454 e. The summed E-state index contributed by atoms with van der Waals surface area (Å²) in [6.07, 6.45) is -0.673. The molecule has 2 unspecified atom stereocenters. The summed E-state index contributed by atoms with van der Waals surface area (Å²) in [5.41, 5.74) is 0.0596. The van der Waals surface area contributed by atoms with Gasteiger partial charge in [0.05, 0.1) is 0 Å². The minimum atomic E-state index is -0.940. The molecule has 0 aromatic carbocycles. The summed E-state index contributed by atoms with van der Waals surface area (Å²) in [5.74, 6) is -1.83. The predicted octanol–water partition coefficient (Wildman–Crippen LogP) is 0.157. The first kappa shape index (κ1) is 7.91. The number of ether oxygens (including phenoxy) is 1. The van der Waals surface area contributed by atoms with Gasteiger partial charge in [0.2, 0.25) is 0 Å². The van der Waals surface area contributed by atoms with Gasteiger partial charge in [0.25, 0.3) is 0 Å². The van der Waals surface area contributed by atoms with Crippen molar-refractivity contribution in [3.8, 4) is 0 Å². The maximum Gasteiger partial charge on any atom is 0.323 e. The number of rotatable bonds is 1. The third-order valence-electron chi connectivity index (χ3n) is 1.65. The topological polar surface area (TPSA) is 67.2 Å². The smallest absolute Gasteiger partial charge is 0.323 e. The van der Waals surface area contributed by atoms with E-state index in [9.17, 15) is 9.59 Å². The number of nitrogens with one attached hydrogen (secondary N) is 1. The fraction of sp³-hybridized carbons (Fsp3) is 0.571. The van der Waals surface area contributed by atoms with Crippen LogP contribution in [0.3, 0.4) is 0 Å². The Morgan fingerprint density at radius 1 is 1.55 bits per heavy atom. The summed E-state index contributed by atoms with van der Waals surface area (Å²) in [7, 11) is 0. The molecule has 60 valence electrons. The Bertz CT molecular complexity index is 234. The molecule has 0 saturated carbocycles. The van der Waals surface area contributed by atoms with E-state index >= 15 is 0 Å². The van der Waals surface area contributed by atoms with Crippen molar-refractivity contribution < 1.29 is 14.3 Å². The van der Waals surface area contributed by atoms with Gasteiger partial charge in [0.1, 0.15) is 0 Å². The molecule has 0 aliphatic carbocycles. The number of hydrogen-bond acceptors (Lipinski definition) is 4. The quantitative estimate of drug-likeness (QED) is 0.333. The minimum absolute atomic E-state index is 0.0596. The van der Waals surface area contributed by atoms with Crippen LogP contribution < -0.4 is 0 Å². The van der Waals surface area contributed by atoms with Crippen molar-refractivity contribution in [2.75, 3.05) is 0 Å². The SMILES string of the molecule is CC(=N)C1C(=O)OC(C)C1=O. The van der Waals surface area contributed by atoms with Crippen LogP contribution in [0.4, 0.5) is 0 Å². The van der Waals surface area contributed by atoms with Gasteiger partial charge < -0.3 is 10.1 Å². The van der Waals surface area contributed by atoms with Crippen LogP contribution in [0.5, 0.6) is 0 Å². The maximum absolute atomic E-state index is 11.1. The van der Waals surface area contributed by atoms with Gasteiger partial charge in [-0.3, -0.25) is 9.59 Å². The average molecular weight is 155 g/mol. The van der Waals surface area contributed by atoms with Crippen LogP contribution in [0.25, 0.3) is 0 Å². The number of cyclic esters (lactones) is 1. The highest BCUT2D eigenvalue weighted by atomic mass is 16.6. The molecular weight excluding hydrogens is 146 g/mol. The van der Waals surface area contributed by atoms with Crippen molar-refractivity contribution >= 4 is 17.5 Å². The zero-order valence-corrected chi connectivity index (χ0v) is 6.38. The molecule has 0 aromatic rings. The summed E-state index contributed by atoms with van der Waals surface area (Å²) in [6.45, 7) is 2.95. The van der Waals surface area contributed by atoms with Gasteiger partial charge in [0.15, 0.2) is 17.8 Å². The second kappa shape index (κ2) is 2.45. The second-order valence-electron chi connectivity index (χ2n) is 2.60. The van der Waals surface area contributed by atoms with Gasteiger partial charge in [-0.25, -0.2) is 0 Å². The summed E-state index contributed by atoms with van der Waals surface area (Å²) >= 11 is 0. The highest BCUT2D eigenvalue weighted by molar-refractivity contribution is 6.21. The number of carbonyl (C=O) groups is 2. The molecule has 1 fully saturated rings. The molecule has 0 aromatic heterocycles. The summed E-state index contributed by atoms with van der Waals surface area (Å²) in [6, 6.07) is 0. The van der Waals surface area contributed by atoms with E-state index in [1.165, 1.54) is 13.8 Å². The van der Waals surface area contributed by atoms with E-state index < -0.39 is 18.0 Å². The normalized spacial score (nSPS) is 30.4. The molecule has 1 saturated heterocycles. The number of Topliss-reactive ketones (excluding diaryl/α,β-unsaturated/α-hetero) is 1. The van der Waals surface area contributed by atoms with Crippen LogP contribution in [-0.2, 0) is 14.3 Å². The molecule has 0 spiro atoms. The van der Waals surface area contributed by atoms with E-state index in [4.69, 9.17) is 5.41 Å². The van der Waals surface area contributed by atoms with Crippen LogP contribution in [0, 0.1) is 11.3 Å². The van der Waals surface area contributed by atoms with E-state index in [0.717, 1.165) is 0 Å². The monoisotopic (exact) mass is 155 g/mol. The Kier molecular flexibility index (Phi) is 1.76. The van der Waals surface area contributed by atoms with E-state index in [1.807, 2.05) is 0 Å². The Morgan fingerprint density at radius 3 is 2.27 bits per heavy atom. The highest BCUT2D eigenvalue weighted by Crippen LogP contribution is 2.17. The lowest BCUT2D eigenvalue weighted by Gasteiger charge is -1.98. The van der Waals surface area contributed by atoms with Crippen LogP contribution in [-0.4, -0.2) is 23.6 Å². The van der Waals surface area contributed by atoms with Crippen molar-refractivity contribution in [3.05, 3.63) is 0 Å². The predicted molar refractivity (Wildman–Crippen MR) is 37.5 cm³/mol. The van der Waals surface area contributed by atoms with E-state index in [2.05, 4.69) is 4.74 Å². The van der Waals surface area contributed by atoms with Crippen LogP contribution >= 0.6 is 0 Å². The number of carbonyl (C=O) groups excluding carboxylic acids is 2. The lowest BCUT2D eigenvalue weighted by molar-refractivity contribution is -0.142. The summed E-state index contributed by atoms with van der Waals surface area (Å²) < 4.78 is 4.62. The van der Waals surface area contributed by atoms with E-state index in [0.29, 0.717) is 0 Å². The van der Waals surface area contributed by atoms with E-state index in [-0.39, 0.29) is 11.5 Å². The molecule has 1 N–H and O–H groups in total. The lowest BCUT2D eigenvalue weighted by Crippen LogP contribution is -2.24. The molecular formula is C7H9NO3. The van der Waals surface area contributed by atoms with Gasteiger partial charge in [-0.2, -0.15) is 0 Å². The molecule has 0 amide bonds. The Hall–Kier alpha value is -1.19. The molecule has 2 atom stereocenters. The van der Waals surface area contributed by atoms with Gasteiger partial charge in [-0.1, -0.05) is 0 Å². The molecule has 0 radical (unpaired) electrons. The molecule has 1 aliphatic heterocycles. The molecule has 1 heterocycles. The van der Waals surface area contributed by atoms with Crippen LogP contribution in [0.15, 0.2) is 0 Å². The van der Waals surface area contributed by atoms with Crippen molar-refractivity contribution in [2.45, 2.75) is 20.0 Å². The second-order valence-corrected chi connectivity index (χ2v) is 2.60. The first-order valence-corrected chi connectivity index (χ1v) is 3.33. The molecule has 11 heavy (non-hydrogen) atoms. The third kappa shape index (κ3) is 1.15. The van der Waals surface area contributed by atoms with Gasteiger partial charge in [-0.05, 0) is 13.8 Å². The Morgan fingerprint density at radius 2 is 2.09 bits per heavy atom. The number of esters is 1. The van der Waals surface area contributed by atoms with Crippen LogP contribution in [0.2, 0.25) is 0 Å². The first-order chi connectivity index (χ1) is 5.04. The van der Waals surface area contributed by atoms with Gasteiger partial charge in [0, 0.05) is 5.71 Å². The fourth-order valence-electron chi connectivity index (χ4n) is 1.04. The standard InChI is InChI=1S/C7H9NO3/c1-3(8)5-6(9)4(2)11-7(5)10/h4-5,8H,1-2H3. The average Bonchev–Trinajstić information content (AvgIpc) is 2.07. The fourth-order valence-corrected chi connectivity index (χ4v) is 1.04. The molecule has 4 heteroatoms. The van der Waals surface area contributed by atoms with E-state index in [1.54, 1.807) is 0 Å². The number of ketones is 1. The minimum Gasteiger partial charge on any atom is -0.454 e. The molecule has 1 aliphatic rings. The Balaban J connectivity index is 2.88. The third-order valence-corrected chi connectivity index (χ3v) is 1.65. The zero-order valence-electron chi connectivity index (χ0n) is 6.38. The molecule has 1 rings (SSSR count). The van der Waals surface area contributed by atoms with Crippen molar-refractivity contribution in [3.63, 3.8) is 0 Å². The van der Waals surface area contributed by atoms with Crippen molar-refractivity contribution in [1.29, 1.82) is 5.41 Å².